The maximum absolute atomic E-state index is 11.6. The monoisotopic (exact) mass is 221 g/mol. The summed E-state index contributed by atoms with van der Waals surface area (Å²) in [6, 6.07) is 2.70. The molecule has 2 rings (SSSR count). The summed E-state index contributed by atoms with van der Waals surface area (Å²) in [5, 5.41) is 3.44. The number of nitrogens with one attached hydrogen (secondary N) is 1. The maximum atomic E-state index is 11.6. The molecule has 0 aromatic carbocycles. The number of nitrogens with zero attached hydrogens (tertiary/aromatic N) is 2. The fraction of sp³-hybridized carbons (Fsp3) is 0.667. The smallest absolute Gasteiger partial charge is 0.314 e. The van der Waals surface area contributed by atoms with E-state index in [-0.39, 0.29) is 5.69 Å². The molecule has 1 aromatic heterocycles. The first-order valence-corrected chi connectivity index (χ1v) is 5.95. The zero-order chi connectivity index (χ0) is 11.5. The molecule has 0 unspecified atom stereocenters. The van der Waals surface area contributed by atoms with E-state index in [1.807, 2.05) is 19.9 Å². The first-order valence-electron chi connectivity index (χ1n) is 5.95. The molecule has 0 bridgehead atoms. The van der Waals surface area contributed by atoms with Gasteiger partial charge in [-0.05, 0) is 45.7 Å². The second-order valence-electron chi connectivity index (χ2n) is 4.56. The van der Waals surface area contributed by atoms with Gasteiger partial charge in [0, 0.05) is 24.0 Å². The fourth-order valence-corrected chi connectivity index (χ4v) is 1.88. The molecule has 1 heterocycles. The van der Waals surface area contributed by atoms with E-state index in [4.69, 9.17) is 0 Å². The van der Waals surface area contributed by atoms with Crippen LogP contribution in [0.25, 0.3) is 0 Å². The first-order chi connectivity index (χ1) is 7.66. The van der Waals surface area contributed by atoms with Gasteiger partial charge in [0.2, 0.25) is 0 Å². The Balaban J connectivity index is 1.89. The van der Waals surface area contributed by atoms with Crippen molar-refractivity contribution in [1.29, 1.82) is 0 Å². The fourth-order valence-electron chi connectivity index (χ4n) is 1.88. The zero-order valence-corrected chi connectivity index (χ0v) is 9.99. The molecular formula is C12H19N3O. The van der Waals surface area contributed by atoms with Gasteiger partial charge in [-0.25, -0.2) is 4.79 Å². The lowest BCUT2D eigenvalue weighted by atomic mass is 10.3. The third-order valence-electron chi connectivity index (χ3n) is 2.92. The lowest BCUT2D eigenvalue weighted by Crippen LogP contribution is -2.27. The first kappa shape index (κ1) is 11.3. The molecule has 0 atom stereocenters. The molecule has 4 nitrogen and oxygen atoms in total. The standard InChI is InChI=1S/C12H19N3O/c1-9-8-10(2)15(12(16)14-9)7-3-6-13-11-4-5-11/h8,11,13H,3-7H2,1-2H3. The summed E-state index contributed by atoms with van der Waals surface area (Å²) >= 11 is 0. The predicted molar refractivity (Wildman–Crippen MR) is 63.6 cm³/mol. The molecule has 1 fully saturated rings. The van der Waals surface area contributed by atoms with Crippen LogP contribution in [-0.2, 0) is 6.54 Å². The molecule has 1 aromatic rings. The molecule has 0 aliphatic heterocycles. The van der Waals surface area contributed by atoms with Gasteiger partial charge in [-0.3, -0.25) is 4.57 Å². The minimum Gasteiger partial charge on any atom is -0.314 e. The van der Waals surface area contributed by atoms with E-state index in [0.717, 1.165) is 36.9 Å². The quantitative estimate of drug-likeness (QED) is 0.755. The summed E-state index contributed by atoms with van der Waals surface area (Å²) in [4.78, 5) is 15.6. The van der Waals surface area contributed by atoms with Crippen molar-refractivity contribution in [1.82, 2.24) is 14.9 Å². The van der Waals surface area contributed by atoms with E-state index in [2.05, 4.69) is 10.3 Å². The van der Waals surface area contributed by atoms with E-state index in [1.165, 1.54) is 12.8 Å². The minimum absolute atomic E-state index is 0.121. The van der Waals surface area contributed by atoms with Gasteiger partial charge in [0.25, 0.3) is 0 Å². The van der Waals surface area contributed by atoms with Crippen molar-refractivity contribution in [3.05, 3.63) is 27.9 Å². The van der Waals surface area contributed by atoms with Crippen molar-refractivity contribution in [2.45, 2.75) is 45.7 Å². The van der Waals surface area contributed by atoms with Gasteiger partial charge in [0.05, 0.1) is 0 Å². The number of hydrogen-bond acceptors (Lipinski definition) is 3. The van der Waals surface area contributed by atoms with Gasteiger partial charge in [-0.1, -0.05) is 0 Å². The van der Waals surface area contributed by atoms with Crippen LogP contribution in [0, 0.1) is 13.8 Å². The maximum Gasteiger partial charge on any atom is 0.347 e. The largest absolute Gasteiger partial charge is 0.347 e. The predicted octanol–water partition coefficient (Wildman–Crippen LogP) is 1.00. The van der Waals surface area contributed by atoms with Crippen molar-refractivity contribution in [2.24, 2.45) is 0 Å². The summed E-state index contributed by atoms with van der Waals surface area (Å²) in [5.41, 5.74) is 1.68. The number of rotatable bonds is 5. The highest BCUT2D eigenvalue weighted by molar-refractivity contribution is 5.06. The second-order valence-corrected chi connectivity index (χ2v) is 4.56. The number of aryl methyl sites for hydroxylation is 2. The Hall–Kier alpha value is -1.16. The van der Waals surface area contributed by atoms with Crippen LogP contribution in [-0.4, -0.2) is 22.1 Å². The molecular weight excluding hydrogens is 202 g/mol. The van der Waals surface area contributed by atoms with E-state index < -0.39 is 0 Å². The second kappa shape index (κ2) is 4.78. The van der Waals surface area contributed by atoms with E-state index >= 15 is 0 Å². The lowest BCUT2D eigenvalue weighted by molar-refractivity contribution is 0.550. The molecule has 4 heteroatoms. The highest BCUT2D eigenvalue weighted by Crippen LogP contribution is 2.18. The number of aromatic nitrogens is 2. The molecule has 0 saturated heterocycles. The zero-order valence-electron chi connectivity index (χ0n) is 9.99. The van der Waals surface area contributed by atoms with Crippen molar-refractivity contribution in [2.75, 3.05) is 6.54 Å². The average molecular weight is 221 g/mol. The van der Waals surface area contributed by atoms with Crippen molar-refractivity contribution >= 4 is 0 Å². The van der Waals surface area contributed by atoms with Crippen LogP contribution in [0.2, 0.25) is 0 Å². The highest BCUT2D eigenvalue weighted by Gasteiger charge is 2.19. The van der Waals surface area contributed by atoms with Crippen LogP contribution in [0.3, 0.4) is 0 Å². The molecule has 0 radical (unpaired) electrons. The van der Waals surface area contributed by atoms with Gasteiger partial charge in [0.1, 0.15) is 0 Å². The summed E-state index contributed by atoms with van der Waals surface area (Å²) in [6.07, 6.45) is 3.61. The van der Waals surface area contributed by atoms with Crippen LogP contribution >= 0.6 is 0 Å². The SMILES string of the molecule is Cc1cc(C)n(CCCNC2CC2)c(=O)n1. The molecule has 1 N–H and O–H groups in total. The van der Waals surface area contributed by atoms with Crippen molar-refractivity contribution in [3.63, 3.8) is 0 Å². The summed E-state index contributed by atoms with van der Waals surface area (Å²) in [5.74, 6) is 0. The average Bonchev–Trinajstić information content (AvgIpc) is 2.98. The topological polar surface area (TPSA) is 46.9 Å². The van der Waals surface area contributed by atoms with Gasteiger partial charge < -0.3 is 5.32 Å². The Morgan fingerprint density at radius 2 is 2.25 bits per heavy atom. The summed E-state index contributed by atoms with van der Waals surface area (Å²) < 4.78 is 1.75. The molecule has 1 aliphatic carbocycles. The van der Waals surface area contributed by atoms with Crippen LogP contribution in [0.15, 0.2) is 10.9 Å². The van der Waals surface area contributed by atoms with Crippen LogP contribution in [0.1, 0.15) is 30.7 Å². The van der Waals surface area contributed by atoms with Crippen molar-refractivity contribution in [3.8, 4) is 0 Å². The Morgan fingerprint density at radius 1 is 1.50 bits per heavy atom. The van der Waals surface area contributed by atoms with Gasteiger partial charge >= 0.3 is 5.69 Å². The van der Waals surface area contributed by atoms with Gasteiger partial charge in [-0.2, -0.15) is 4.98 Å². The Bertz CT molecular complexity index is 421. The highest BCUT2D eigenvalue weighted by atomic mass is 16.1. The molecule has 88 valence electrons. The van der Waals surface area contributed by atoms with Crippen LogP contribution in [0.4, 0.5) is 0 Å². The third-order valence-corrected chi connectivity index (χ3v) is 2.92. The molecule has 0 spiro atoms. The minimum atomic E-state index is -0.121. The summed E-state index contributed by atoms with van der Waals surface area (Å²) in [7, 11) is 0. The number of hydrogen-bond donors (Lipinski definition) is 1. The molecule has 1 aliphatic rings. The Morgan fingerprint density at radius 3 is 2.88 bits per heavy atom. The molecule has 0 amide bonds. The van der Waals surface area contributed by atoms with E-state index in [0.29, 0.717) is 0 Å². The third kappa shape index (κ3) is 2.92. The normalized spacial score (nSPS) is 15.4. The van der Waals surface area contributed by atoms with E-state index in [1.54, 1.807) is 4.57 Å². The Labute approximate surface area is 95.7 Å². The van der Waals surface area contributed by atoms with Crippen LogP contribution in [0.5, 0.6) is 0 Å². The summed E-state index contributed by atoms with van der Waals surface area (Å²) in [6.45, 7) is 5.57. The van der Waals surface area contributed by atoms with Crippen molar-refractivity contribution < 1.29 is 0 Å². The van der Waals surface area contributed by atoms with Gasteiger partial charge in [-0.15, -0.1) is 0 Å². The van der Waals surface area contributed by atoms with E-state index in [9.17, 15) is 4.79 Å². The molecule has 16 heavy (non-hydrogen) atoms. The lowest BCUT2D eigenvalue weighted by Gasteiger charge is -2.09. The van der Waals surface area contributed by atoms with Crippen LogP contribution < -0.4 is 11.0 Å². The molecule has 1 saturated carbocycles. The van der Waals surface area contributed by atoms with Gasteiger partial charge in [0.15, 0.2) is 0 Å². The Kier molecular flexibility index (Phi) is 3.39.